The van der Waals surface area contributed by atoms with Gasteiger partial charge in [-0.05, 0) is 44.2 Å². The molecule has 0 aliphatic carbocycles. The van der Waals surface area contributed by atoms with Crippen LogP contribution in [-0.4, -0.2) is 72.9 Å². The molecule has 2 saturated heterocycles. The summed E-state index contributed by atoms with van der Waals surface area (Å²) >= 11 is 0. The van der Waals surface area contributed by atoms with E-state index in [1.165, 1.54) is 0 Å². The van der Waals surface area contributed by atoms with Gasteiger partial charge in [-0.2, -0.15) is 0 Å². The molecule has 1 unspecified atom stereocenters. The Hall–Kier alpha value is -2.68. The molecule has 3 rings (SSSR count). The molecule has 0 aromatic carbocycles. The number of anilines is 1. The first-order chi connectivity index (χ1) is 14.6. The lowest BCUT2D eigenvalue weighted by Crippen LogP contribution is -2.56. The number of amides is 3. The Labute approximate surface area is 177 Å². The summed E-state index contributed by atoms with van der Waals surface area (Å²) in [5, 5.41) is 5.55. The number of likely N-dealkylation sites (tertiary alicyclic amines) is 1. The molecule has 3 amide bonds. The molecule has 0 radical (unpaired) electrons. The molecule has 0 bridgehead atoms. The van der Waals surface area contributed by atoms with E-state index in [1.807, 2.05) is 12.1 Å². The van der Waals surface area contributed by atoms with E-state index in [4.69, 9.17) is 5.73 Å². The molecule has 2 fully saturated rings. The predicted molar refractivity (Wildman–Crippen MR) is 114 cm³/mol. The highest BCUT2D eigenvalue weighted by Gasteiger charge is 2.31. The number of rotatable bonds is 7. The van der Waals surface area contributed by atoms with E-state index in [1.54, 1.807) is 17.3 Å². The fourth-order valence-corrected chi connectivity index (χ4v) is 4.07. The summed E-state index contributed by atoms with van der Waals surface area (Å²) in [5.41, 5.74) is 6.46. The van der Waals surface area contributed by atoms with Gasteiger partial charge in [0.2, 0.25) is 17.7 Å². The Balaban J connectivity index is 1.56. The zero-order valence-electron chi connectivity index (χ0n) is 17.4. The third-order valence-electron chi connectivity index (χ3n) is 5.86. The Morgan fingerprint density at radius 1 is 1.07 bits per heavy atom. The molecule has 2 aliphatic heterocycles. The van der Waals surface area contributed by atoms with Gasteiger partial charge < -0.3 is 26.2 Å². The van der Waals surface area contributed by atoms with Crippen LogP contribution >= 0.6 is 0 Å². The summed E-state index contributed by atoms with van der Waals surface area (Å²) in [6.45, 7) is 2.85. The van der Waals surface area contributed by atoms with Crippen molar-refractivity contribution in [3.8, 4) is 0 Å². The van der Waals surface area contributed by atoms with Crippen LogP contribution in [0.1, 0.15) is 32.1 Å². The van der Waals surface area contributed by atoms with Crippen LogP contribution in [0.15, 0.2) is 24.5 Å². The number of nitrogens with one attached hydrogen (secondary N) is 2. The molecular weight excluding hydrogens is 384 g/mol. The van der Waals surface area contributed by atoms with Crippen LogP contribution < -0.4 is 21.3 Å². The lowest BCUT2D eigenvalue weighted by Gasteiger charge is -2.34. The molecule has 0 saturated carbocycles. The van der Waals surface area contributed by atoms with Crippen LogP contribution in [0, 0.1) is 5.92 Å². The van der Waals surface area contributed by atoms with Crippen molar-refractivity contribution in [1.29, 1.82) is 0 Å². The zero-order valence-corrected chi connectivity index (χ0v) is 17.4. The van der Waals surface area contributed by atoms with Crippen LogP contribution in [-0.2, 0) is 14.4 Å². The van der Waals surface area contributed by atoms with Crippen LogP contribution in [0.25, 0.3) is 0 Å². The summed E-state index contributed by atoms with van der Waals surface area (Å²) in [4.78, 5) is 45.5. The van der Waals surface area contributed by atoms with Crippen LogP contribution in [0.5, 0.6) is 0 Å². The summed E-state index contributed by atoms with van der Waals surface area (Å²) in [5.74, 6) is -0.743. The quantitative estimate of drug-likeness (QED) is 0.569. The fraction of sp³-hybridized carbons (Fsp3) is 0.619. The fourth-order valence-electron chi connectivity index (χ4n) is 4.07. The molecule has 3 heterocycles. The lowest BCUT2D eigenvalue weighted by atomic mass is 9.95. The van der Waals surface area contributed by atoms with Crippen LogP contribution in [0.3, 0.4) is 0 Å². The minimum Gasteiger partial charge on any atom is -0.371 e. The smallest absolute Gasteiger partial charge is 0.246 e. The molecule has 1 atom stereocenters. The van der Waals surface area contributed by atoms with E-state index in [0.29, 0.717) is 25.9 Å². The summed E-state index contributed by atoms with van der Waals surface area (Å²) in [7, 11) is 0. The van der Waals surface area contributed by atoms with Crippen molar-refractivity contribution in [2.45, 2.75) is 38.1 Å². The van der Waals surface area contributed by atoms with Gasteiger partial charge >= 0.3 is 0 Å². The van der Waals surface area contributed by atoms with Crippen molar-refractivity contribution in [3.63, 3.8) is 0 Å². The number of aromatic nitrogens is 1. The minimum absolute atomic E-state index is 0.0625. The third-order valence-corrected chi connectivity index (χ3v) is 5.86. The van der Waals surface area contributed by atoms with Gasteiger partial charge in [-0.25, -0.2) is 0 Å². The van der Waals surface area contributed by atoms with Crippen LogP contribution in [0.4, 0.5) is 5.69 Å². The molecule has 1 aromatic rings. The van der Waals surface area contributed by atoms with Gasteiger partial charge in [0.1, 0.15) is 6.04 Å². The highest BCUT2D eigenvalue weighted by Crippen LogP contribution is 2.23. The number of nitrogens with zero attached hydrogens (tertiary/aromatic N) is 3. The number of piperidine rings is 2. The molecule has 4 N–H and O–H groups in total. The summed E-state index contributed by atoms with van der Waals surface area (Å²) < 4.78 is 0. The van der Waals surface area contributed by atoms with Gasteiger partial charge in [0.15, 0.2) is 0 Å². The lowest BCUT2D eigenvalue weighted by molar-refractivity contribution is -0.138. The first kappa shape index (κ1) is 22.0. The SMILES string of the molecule is NCC(=O)NCC(NC(=O)C1CCN(c2ccncc2)CC1)C(=O)N1CCCCC1. The molecular formula is C21H32N6O3. The summed E-state index contributed by atoms with van der Waals surface area (Å²) in [6, 6.07) is 3.17. The van der Waals surface area contributed by atoms with Gasteiger partial charge in [-0.1, -0.05) is 0 Å². The second-order valence-electron chi connectivity index (χ2n) is 7.92. The summed E-state index contributed by atoms with van der Waals surface area (Å²) in [6.07, 6.45) is 8.01. The third kappa shape index (κ3) is 5.91. The highest BCUT2D eigenvalue weighted by atomic mass is 16.2. The second-order valence-corrected chi connectivity index (χ2v) is 7.92. The molecule has 9 heteroatoms. The maximum absolute atomic E-state index is 13.0. The predicted octanol–water partition coefficient (Wildman–Crippen LogP) is -0.130. The largest absolute Gasteiger partial charge is 0.371 e. The standard InChI is InChI=1S/C21H32N6O3/c22-14-19(28)24-15-18(21(30)27-10-2-1-3-11-27)25-20(29)16-6-12-26(13-7-16)17-4-8-23-9-5-17/h4-5,8-9,16,18H,1-3,6-7,10-15,22H2,(H,24,28)(H,25,29). The highest BCUT2D eigenvalue weighted by molar-refractivity contribution is 5.89. The van der Waals surface area contributed by atoms with Crippen molar-refractivity contribution >= 4 is 23.4 Å². The van der Waals surface area contributed by atoms with Crippen molar-refractivity contribution in [2.24, 2.45) is 11.7 Å². The van der Waals surface area contributed by atoms with Crippen molar-refractivity contribution in [1.82, 2.24) is 20.5 Å². The van der Waals surface area contributed by atoms with E-state index >= 15 is 0 Å². The minimum atomic E-state index is -0.760. The van der Waals surface area contributed by atoms with Gasteiger partial charge in [-0.15, -0.1) is 0 Å². The number of pyridine rings is 1. The molecule has 0 spiro atoms. The van der Waals surface area contributed by atoms with Crippen LogP contribution in [0.2, 0.25) is 0 Å². The molecule has 30 heavy (non-hydrogen) atoms. The second kappa shape index (κ2) is 10.9. The maximum atomic E-state index is 13.0. The van der Waals surface area contributed by atoms with E-state index in [9.17, 15) is 14.4 Å². The zero-order chi connectivity index (χ0) is 21.3. The molecule has 164 valence electrons. The number of carbonyl (C=O) groups excluding carboxylic acids is 3. The van der Waals surface area contributed by atoms with Crippen molar-refractivity contribution in [3.05, 3.63) is 24.5 Å². The monoisotopic (exact) mass is 416 g/mol. The van der Waals surface area contributed by atoms with E-state index in [2.05, 4.69) is 20.5 Å². The normalized spacial score (nSPS) is 18.6. The van der Waals surface area contributed by atoms with Gasteiger partial charge in [0.05, 0.1) is 6.54 Å². The van der Waals surface area contributed by atoms with E-state index < -0.39 is 6.04 Å². The van der Waals surface area contributed by atoms with Gasteiger partial charge in [0, 0.05) is 56.7 Å². The molecule has 1 aromatic heterocycles. The molecule has 9 nitrogen and oxygen atoms in total. The molecule has 2 aliphatic rings. The topological polar surface area (TPSA) is 121 Å². The Kier molecular flexibility index (Phi) is 8.01. The van der Waals surface area contributed by atoms with Crippen molar-refractivity contribution in [2.75, 3.05) is 44.2 Å². The number of hydrogen-bond donors (Lipinski definition) is 3. The first-order valence-electron chi connectivity index (χ1n) is 10.8. The van der Waals surface area contributed by atoms with E-state index in [-0.39, 0.29) is 36.7 Å². The number of carbonyl (C=O) groups is 3. The average Bonchev–Trinajstić information content (AvgIpc) is 2.82. The number of hydrogen-bond acceptors (Lipinski definition) is 6. The van der Waals surface area contributed by atoms with Crippen molar-refractivity contribution < 1.29 is 14.4 Å². The maximum Gasteiger partial charge on any atom is 0.246 e. The number of nitrogens with two attached hydrogens (primary N) is 1. The van der Waals surface area contributed by atoms with E-state index in [0.717, 1.165) is 38.0 Å². The Morgan fingerprint density at radius 3 is 2.37 bits per heavy atom. The van der Waals surface area contributed by atoms with Gasteiger partial charge in [0.25, 0.3) is 0 Å². The average molecular weight is 417 g/mol. The first-order valence-corrected chi connectivity index (χ1v) is 10.8. The Morgan fingerprint density at radius 2 is 1.73 bits per heavy atom. The Bertz CT molecular complexity index is 715. The van der Waals surface area contributed by atoms with Gasteiger partial charge in [-0.3, -0.25) is 19.4 Å².